The number of rotatable bonds is 6. The molecule has 0 unspecified atom stereocenters. The molecule has 0 aliphatic carbocycles. The van der Waals surface area contributed by atoms with Crippen LogP contribution in [0.1, 0.15) is 89.3 Å². The summed E-state index contributed by atoms with van der Waals surface area (Å²) in [6.45, 7) is 16.4. The number of esters is 1. The fraction of sp³-hybridized carbons (Fsp3) is 0.417. The maximum absolute atomic E-state index is 13.8. The fourth-order valence-corrected chi connectivity index (χ4v) is 7.53. The number of benzene rings is 3. The molecule has 2 heterocycles. The van der Waals surface area contributed by atoms with Gasteiger partial charge in [-0.05, 0) is 53.5 Å². The molecular formula is C36H42N2O4S. The van der Waals surface area contributed by atoms with Crippen LogP contribution in [-0.4, -0.2) is 50.3 Å². The van der Waals surface area contributed by atoms with Crippen molar-refractivity contribution in [2.75, 3.05) is 0 Å². The van der Waals surface area contributed by atoms with Crippen LogP contribution in [0.2, 0.25) is 0 Å². The van der Waals surface area contributed by atoms with Crippen molar-refractivity contribution in [3.8, 4) is 5.75 Å². The zero-order chi connectivity index (χ0) is 31.3. The molecule has 1 N–H and O–H groups in total. The average Bonchev–Trinajstić information content (AvgIpc) is 3.19. The van der Waals surface area contributed by atoms with Gasteiger partial charge in [0.15, 0.2) is 12.1 Å². The number of phenolic OH excluding ortho intramolecular Hbond substituents is 1. The molecule has 2 aliphatic rings. The van der Waals surface area contributed by atoms with E-state index in [4.69, 9.17) is 9.73 Å². The van der Waals surface area contributed by atoms with Crippen LogP contribution in [0.25, 0.3) is 0 Å². The van der Waals surface area contributed by atoms with Crippen LogP contribution in [-0.2, 0) is 25.2 Å². The van der Waals surface area contributed by atoms with Crippen LogP contribution in [0.15, 0.2) is 77.8 Å². The Morgan fingerprint density at radius 3 is 1.88 bits per heavy atom. The number of thioether (sulfide) groups is 1. The van der Waals surface area contributed by atoms with Gasteiger partial charge < -0.3 is 14.7 Å². The molecule has 1 amide bonds. The number of carbonyl (C=O) groups excluding carboxylic acids is 2. The largest absolute Gasteiger partial charge is 0.507 e. The number of amides is 1. The lowest BCUT2D eigenvalue weighted by Crippen LogP contribution is -2.65. The summed E-state index contributed by atoms with van der Waals surface area (Å²) < 4.78 is 5.64. The third kappa shape index (κ3) is 5.97. The molecule has 226 valence electrons. The predicted molar refractivity (Wildman–Crippen MR) is 174 cm³/mol. The molecule has 6 nitrogen and oxygen atoms in total. The van der Waals surface area contributed by atoms with Gasteiger partial charge in [0, 0.05) is 22.1 Å². The van der Waals surface area contributed by atoms with E-state index >= 15 is 0 Å². The summed E-state index contributed by atoms with van der Waals surface area (Å²) in [4.78, 5) is 33.8. The molecule has 2 fully saturated rings. The molecule has 0 saturated carbocycles. The van der Waals surface area contributed by atoms with E-state index in [0.717, 1.165) is 27.8 Å². The maximum atomic E-state index is 13.8. The average molecular weight is 599 g/mol. The van der Waals surface area contributed by atoms with Crippen LogP contribution in [0.5, 0.6) is 5.75 Å². The molecule has 3 atom stereocenters. The number of nitrogens with zero attached hydrogens (tertiary/aromatic N) is 2. The van der Waals surface area contributed by atoms with Crippen molar-refractivity contribution in [2.45, 2.75) is 94.5 Å². The van der Waals surface area contributed by atoms with Crippen LogP contribution in [0.3, 0.4) is 0 Å². The van der Waals surface area contributed by atoms with Gasteiger partial charge in [-0.15, -0.1) is 11.8 Å². The molecular weight excluding hydrogens is 556 g/mol. The molecule has 7 heteroatoms. The summed E-state index contributed by atoms with van der Waals surface area (Å²) >= 11 is 1.59. The summed E-state index contributed by atoms with van der Waals surface area (Å²) in [5.41, 5.74) is 3.73. The highest BCUT2D eigenvalue weighted by molar-refractivity contribution is 8.01. The highest BCUT2D eigenvalue weighted by atomic mass is 32.2. The van der Waals surface area contributed by atoms with Crippen molar-refractivity contribution in [2.24, 2.45) is 4.99 Å². The molecule has 2 aliphatic heterocycles. The standard InChI is InChI=1S/C36H42N2O4S/c1-34(2,3)25-19-22(20-26(28(25)39)35(4,5)6)21-37-27-31(40)38-30(36(7,8)43-32(27)38)33(41)42-29(23-15-11-9-12-16-23)24-17-13-10-14-18-24/h9-21,27,29-30,32,39H,1-8H3/b37-21+/t27-,30+,32-/m1/s1. The van der Waals surface area contributed by atoms with Crippen LogP contribution < -0.4 is 0 Å². The van der Waals surface area contributed by atoms with E-state index in [1.165, 1.54) is 0 Å². The van der Waals surface area contributed by atoms with E-state index in [9.17, 15) is 14.7 Å². The molecule has 0 aromatic heterocycles. The number of hydrogen-bond acceptors (Lipinski definition) is 6. The van der Waals surface area contributed by atoms with E-state index in [1.54, 1.807) is 22.9 Å². The topological polar surface area (TPSA) is 79.2 Å². The van der Waals surface area contributed by atoms with E-state index in [2.05, 4.69) is 41.5 Å². The Bertz CT molecular complexity index is 1460. The van der Waals surface area contributed by atoms with Crippen LogP contribution in [0, 0.1) is 0 Å². The summed E-state index contributed by atoms with van der Waals surface area (Å²) in [5.74, 6) is -0.290. The Morgan fingerprint density at radius 2 is 1.42 bits per heavy atom. The smallest absolute Gasteiger partial charge is 0.331 e. The predicted octanol–water partition coefficient (Wildman–Crippen LogP) is 7.17. The summed E-state index contributed by atoms with van der Waals surface area (Å²) in [6.07, 6.45) is 1.16. The van der Waals surface area contributed by atoms with E-state index in [0.29, 0.717) is 5.75 Å². The number of phenols is 1. The minimum Gasteiger partial charge on any atom is -0.507 e. The minimum atomic E-state index is -0.731. The molecule has 3 aromatic rings. The van der Waals surface area contributed by atoms with Gasteiger partial charge in [0.05, 0.1) is 0 Å². The molecule has 0 spiro atoms. The van der Waals surface area contributed by atoms with E-state index in [-0.39, 0.29) is 22.1 Å². The van der Waals surface area contributed by atoms with Gasteiger partial charge in [-0.3, -0.25) is 9.79 Å². The lowest BCUT2D eigenvalue weighted by molar-refractivity contribution is -0.165. The number of aliphatic imine (C=N–C) groups is 1. The SMILES string of the molecule is CC(C)(C)c1cc(/C=N/[C@@H]2C(=O)N3[C@@H]2SC(C)(C)[C@@H]3C(=O)OC(c2ccccc2)c2ccccc2)cc(C(C)(C)C)c1O. The van der Waals surface area contributed by atoms with Gasteiger partial charge in [0.1, 0.15) is 17.2 Å². The third-order valence-corrected chi connectivity index (χ3v) is 9.76. The molecule has 3 aromatic carbocycles. The van der Waals surface area contributed by atoms with Crippen molar-refractivity contribution in [1.82, 2.24) is 4.90 Å². The van der Waals surface area contributed by atoms with Gasteiger partial charge in [0.25, 0.3) is 5.91 Å². The normalized spacial score (nSPS) is 21.7. The fourth-order valence-electron chi connectivity index (χ4n) is 5.92. The molecule has 5 rings (SSSR count). The number of β-lactam (4-membered cyclic amide) rings is 1. The Morgan fingerprint density at radius 1 is 0.930 bits per heavy atom. The van der Waals surface area contributed by atoms with Crippen LogP contribution in [0.4, 0.5) is 0 Å². The second-order valence-corrected chi connectivity index (χ2v) is 15.9. The van der Waals surface area contributed by atoms with Crippen LogP contribution >= 0.6 is 11.8 Å². The Labute approximate surface area is 259 Å². The van der Waals surface area contributed by atoms with Gasteiger partial charge in [-0.25, -0.2) is 4.79 Å². The highest BCUT2D eigenvalue weighted by Crippen LogP contribution is 2.52. The Kier molecular flexibility index (Phi) is 8.01. The Hall–Kier alpha value is -3.58. The Balaban J connectivity index is 1.39. The monoisotopic (exact) mass is 598 g/mol. The second kappa shape index (κ2) is 11.2. The zero-order valence-electron chi connectivity index (χ0n) is 26.3. The van der Waals surface area contributed by atoms with Crippen molar-refractivity contribution < 1.29 is 19.4 Å². The maximum Gasteiger partial charge on any atom is 0.331 e. The summed E-state index contributed by atoms with van der Waals surface area (Å²) in [5, 5.41) is 10.8. The zero-order valence-corrected chi connectivity index (χ0v) is 27.1. The number of hydrogen-bond donors (Lipinski definition) is 1. The second-order valence-electron chi connectivity index (χ2n) is 14.1. The lowest BCUT2D eigenvalue weighted by Gasteiger charge is -2.42. The minimum absolute atomic E-state index is 0.178. The first kappa shape index (κ1) is 30.9. The summed E-state index contributed by atoms with van der Waals surface area (Å²) in [6, 6.07) is 21.9. The quantitative estimate of drug-likeness (QED) is 0.185. The van der Waals surface area contributed by atoms with E-state index in [1.807, 2.05) is 86.6 Å². The van der Waals surface area contributed by atoms with Crippen molar-refractivity contribution in [1.29, 1.82) is 0 Å². The molecule has 2 saturated heterocycles. The molecule has 0 radical (unpaired) electrons. The highest BCUT2D eigenvalue weighted by Gasteiger charge is 2.64. The number of fused-ring (bicyclic) bond motifs is 1. The van der Waals surface area contributed by atoms with Gasteiger partial charge in [-0.1, -0.05) is 102 Å². The molecule has 43 heavy (non-hydrogen) atoms. The van der Waals surface area contributed by atoms with Crippen molar-refractivity contribution >= 4 is 29.9 Å². The lowest BCUT2D eigenvalue weighted by atomic mass is 9.78. The van der Waals surface area contributed by atoms with Gasteiger partial charge in [-0.2, -0.15) is 0 Å². The first-order valence-corrected chi connectivity index (χ1v) is 15.7. The van der Waals surface area contributed by atoms with Crippen molar-refractivity contribution in [3.63, 3.8) is 0 Å². The molecule has 0 bridgehead atoms. The van der Waals surface area contributed by atoms with E-state index < -0.39 is 28.9 Å². The number of aromatic hydroxyl groups is 1. The first-order valence-electron chi connectivity index (χ1n) is 14.8. The van der Waals surface area contributed by atoms with Gasteiger partial charge in [0.2, 0.25) is 0 Å². The van der Waals surface area contributed by atoms with Crippen molar-refractivity contribution in [3.05, 3.63) is 101 Å². The number of ether oxygens (including phenoxy) is 1. The number of carbonyl (C=O) groups is 2. The van der Waals surface area contributed by atoms with Gasteiger partial charge >= 0.3 is 5.97 Å². The third-order valence-electron chi connectivity index (χ3n) is 8.21. The first-order chi connectivity index (χ1) is 20.1. The summed E-state index contributed by atoms with van der Waals surface area (Å²) in [7, 11) is 0.